The first-order valence-electron chi connectivity index (χ1n) is 13.1. The summed E-state index contributed by atoms with van der Waals surface area (Å²) in [4.78, 5) is 9.58. The van der Waals surface area contributed by atoms with Gasteiger partial charge in [0, 0.05) is 23.1 Å². The number of ether oxygens (including phenoxy) is 3. The second-order valence-corrected chi connectivity index (χ2v) is 18.7. The molecule has 8 nitrogen and oxygen atoms in total. The summed E-state index contributed by atoms with van der Waals surface area (Å²) in [5, 5.41) is 12.8. The minimum absolute atomic E-state index is 0.127. The van der Waals surface area contributed by atoms with Crippen LogP contribution in [-0.4, -0.2) is 58.7 Å². The van der Waals surface area contributed by atoms with Crippen LogP contribution in [0.25, 0.3) is 11.0 Å². The van der Waals surface area contributed by atoms with Crippen molar-refractivity contribution in [3.63, 3.8) is 0 Å². The molecule has 5 atom stereocenters. The molecule has 2 saturated heterocycles. The van der Waals surface area contributed by atoms with Gasteiger partial charge in [0.25, 0.3) is 0 Å². The Hall–Kier alpha value is -1.37. The molecule has 0 amide bonds. The molecule has 0 bridgehead atoms. The fourth-order valence-corrected chi connectivity index (χ4v) is 7.41. The summed E-state index contributed by atoms with van der Waals surface area (Å²) in [5.74, 6) is -0.809. The third kappa shape index (κ3) is 5.10. The Labute approximate surface area is 234 Å². The number of nitrogens with zero attached hydrogens (tertiary/aromatic N) is 3. The molecule has 3 aromatic heterocycles. The topological polar surface area (TPSA) is 87.9 Å². The minimum Gasteiger partial charge on any atom is -0.416 e. The molecular weight excluding hydrogens is 542 g/mol. The molecule has 0 spiro atoms. The molecule has 1 unspecified atom stereocenters. The Kier molecular flexibility index (Phi) is 7.35. The van der Waals surface area contributed by atoms with E-state index in [1.54, 1.807) is 6.33 Å². The zero-order valence-corrected chi connectivity index (χ0v) is 25.9. The third-order valence-corrected chi connectivity index (χ3v) is 14.0. The fraction of sp³-hybridized carbons (Fsp3) is 0.630. The molecular formula is C27H38ClN3O5SSi. The van der Waals surface area contributed by atoms with Gasteiger partial charge in [-0.15, -0.1) is 11.3 Å². The number of halogens is 1. The molecule has 5 heterocycles. The van der Waals surface area contributed by atoms with Crippen LogP contribution in [0.4, 0.5) is 0 Å². The molecule has 0 aromatic carbocycles. The van der Waals surface area contributed by atoms with Gasteiger partial charge < -0.3 is 28.3 Å². The smallest absolute Gasteiger partial charge is 0.191 e. The summed E-state index contributed by atoms with van der Waals surface area (Å²) < 4.78 is 28.1. The van der Waals surface area contributed by atoms with Crippen LogP contribution in [-0.2, 0) is 25.1 Å². The highest BCUT2D eigenvalue weighted by molar-refractivity contribution is 7.16. The molecule has 208 valence electrons. The van der Waals surface area contributed by atoms with Gasteiger partial charge >= 0.3 is 0 Å². The molecule has 2 aliphatic rings. The predicted octanol–water partition coefficient (Wildman–Crippen LogP) is 6.17. The minimum atomic E-state index is -1.89. The van der Waals surface area contributed by atoms with E-state index in [2.05, 4.69) is 43.8 Å². The van der Waals surface area contributed by atoms with Crippen molar-refractivity contribution in [2.75, 3.05) is 6.61 Å². The van der Waals surface area contributed by atoms with E-state index < -0.39 is 44.7 Å². The van der Waals surface area contributed by atoms with Crippen LogP contribution in [0.15, 0.2) is 24.7 Å². The van der Waals surface area contributed by atoms with E-state index in [9.17, 15) is 5.11 Å². The maximum atomic E-state index is 11.7. The van der Waals surface area contributed by atoms with Gasteiger partial charge in [-0.25, -0.2) is 9.97 Å². The Balaban J connectivity index is 1.41. The number of aromatic nitrogens is 3. The SMILES string of the molecule is Cc1ncnc2c1ccn2[C@@H]1O[C@H](C(O)c2sc(Cl)cc2CCO[Si](C)(C)C(C)(C)C)[C@H]2OC(C)(C)O[C@H]21. The van der Waals surface area contributed by atoms with Crippen LogP contribution in [0.1, 0.15) is 63.1 Å². The summed E-state index contributed by atoms with van der Waals surface area (Å²) in [6.45, 7) is 17.5. The summed E-state index contributed by atoms with van der Waals surface area (Å²) >= 11 is 7.84. The highest BCUT2D eigenvalue weighted by atomic mass is 35.5. The Morgan fingerprint density at radius 2 is 1.95 bits per heavy atom. The van der Waals surface area contributed by atoms with Crippen molar-refractivity contribution >= 4 is 42.3 Å². The van der Waals surface area contributed by atoms with E-state index in [0.717, 1.165) is 27.2 Å². The lowest BCUT2D eigenvalue weighted by molar-refractivity contribution is -0.207. The van der Waals surface area contributed by atoms with Crippen LogP contribution in [0, 0.1) is 6.92 Å². The Morgan fingerprint density at radius 3 is 2.66 bits per heavy atom. The lowest BCUT2D eigenvalue weighted by atomic mass is 10.0. The second-order valence-electron chi connectivity index (χ2n) is 12.2. The first kappa shape index (κ1) is 28.2. The molecule has 11 heteroatoms. The van der Waals surface area contributed by atoms with Crippen LogP contribution in [0.2, 0.25) is 22.5 Å². The first-order chi connectivity index (χ1) is 17.7. The molecule has 38 heavy (non-hydrogen) atoms. The van der Waals surface area contributed by atoms with E-state index in [1.807, 2.05) is 43.7 Å². The molecule has 5 rings (SSSR count). The van der Waals surface area contributed by atoms with Crippen LogP contribution in [0.3, 0.4) is 0 Å². The molecule has 0 saturated carbocycles. The lowest BCUT2D eigenvalue weighted by Crippen LogP contribution is -2.41. The summed E-state index contributed by atoms with van der Waals surface area (Å²) in [7, 11) is -1.89. The quantitative estimate of drug-likeness (QED) is 0.335. The van der Waals surface area contributed by atoms with Crippen LogP contribution < -0.4 is 0 Å². The molecule has 0 aliphatic carbocycles. The van der Waals surface area contributed by atoms with Crippen LogP contribution in [0.5, 0.6) is 0 Å². The predicted molar refractivity (Wildman–Crippen MR) is 151 cm³/mol. The Bertz CT molecular complexity index is 1320. The zero-order valence-electron chi connectivity index (χ0n) is 23.3. The van der Waals surface area contributed by atoms with Gasteiger partial charge in [0.05, 0.1) is 10.0 Å². The van der Waals surface area contributed by atoms with E-state index in [1.165, 1.54) is 11.3 Å². The van der Waals surface area contributed by atoms with Crippen molar-refractivity contribution in [1.29, 1.82) is 0 Å². The number of aliphatic hydroxyl groups excluding tert-OH is 1. The number of rotatable bonds is 7. The van der Waals surface area contributed by atoms with Crippen molar-refractivity contribution in [2.24, 2.45) is 0 Å². The largest absolute Gasteiger partial charge is 0.416 e. The first-order valence-corrected chi connectivity index (χ1v) is 17.2. The van der Waals surface area contributed by atoms with Crippen molar-refractivity contribution < 1.29 is 23.7 Å². The third-order valence-electron chi connectivity index (χ3n) is 8.08. The van der Waals surface area contributed by atoms with Gasteiger partial charge in [0.15, 0.2) is 20.3 Å². The standard InChI is InChI=1S/C27H38ClN3O5SSi/c1-15-17-9-11-31(24(17)30-14-29-15)25-22-21(35-27(5,6)36-22)20(34-25)19(32)23-16(13-18(28)37-23)10-12-33-38(7,8)26(2,3)4/h9,11,13-14,19-22,25,32H,10,12H2,1-8H3/t19?,20-,21-,22-,25-/m1/s1. The molecule has 0 radical (unpaired) electrons. The van der Waals surface area contributed by atoms with E-state index in [0.29, 0.717) is 17.4 Å². The van der Waals surface area contributed by atoms with Gasteiger partial charge in [0.1, 0.15) is 36.4 Å². The molecule has 1 N–H and O–H groups in total. The fourth-order valence-electron chi connectivity index (χ4n) is 5.02. The van der Waals surface area contributed by atoms with E-state index >= 15 is 0 Å². The van der Waals surface area contributed by atoms with Gasteiger partial charge in [-0.2, -0.15) is 0 Å². The average Bonchev–Trinajstić information content (AvgIpc) is 3.54. The normalized spacial score (nSPS) is 26.3. The maximum Gasteiger partial charge on any atom is 0.191 e. The number of hydrogen-bond donors (Lipinski definition) is 1. The highest BCUT2D eigenvalue weighted by Gasteiger charge is 2.58. The van der Waals surface area contributed by atoms with E-state index in [-0.39, 0.29) is 5.04 Å². The van der Waals surface area contributed by atoms with Crippen LogP contribution >= 0.6 is 22.9 Å². The van der Waals surface area contributed by atoms with Gasteiger partial charge in [-0.05, 0) is 63.0 Å². The molecule has 2 fully saturated rings. The molecule has 2 aliphatic heterocycles. The summed E-state index contributed by atoms with van der Waals surface area (Å²) in [6.07, 6.45) is 1.14. The van der Waals surface area contributed by atoms with E-state index in [4.69, 9.17) is 30.2 Å². The van der Waals surface area contributed by atoms with Crippen molar-refractivity contribution in [1.82, 2.24) is 14.5 Å². The Morgan fingerprint density at radius 1 is 1.24 bits per heavy atom. The van der Waals surface area contributed by atoms with Gasteiger partial charge in [0.2, 0.25) is 0 Å². The number of fused-ring (bicyclic) bond motifs is 2. The highest BCUT2D eigenvalue weighted by Crippen LogP contribution is 2.48. The second kappa shape index (κ2) is 9.92. The van der Waals surface area contributed by atoms with Gasteiger partial charge in [-0.1, -0.05) is 32.4 Å². The average molecular weight is 580 g/mol. The van der Waals surface area contributed by atoms with Crippen molar-refractivity contribution in [2.45, 2.75) is 103 Å². The monoisotopic (exact) mass is 579 g/mol. The van der Waals surface area contributed by atoms with Crippen molar-refractivity contribution in [3.8, 4) is 0 Å². The van der Waals surface area contributed by atoms with Gasteiger partial charge in [-0.3, -0.25) is 0 Å². The zero-order chi connectivity index (χ0) is 27.6. The number of hydrogen-bond acceptors (Lipinski definition) is 8. The molecule has 3 aromatic rings. The number of aliphatic hydroxyl groups is 1. The maximum absolute atomic E-state index is 11.7. The number of aryl methyl sites for hydroxylation is 1. The van der Waals surface area contributed by atoms with Crippen molar-refractivity contribution in [3.05, 3.63) is 45.1 Å². The summed E-state index contributed by atoms with van der Waals surface area (Å²) in [6, 6.07) is 3.91. The lowest BCUT2D eigenvalue weighted by Gasteiger charge is -2.36. The summed E-state index contributed by atoms with van der Waals surface area (Å²) in [5.41, 5.74) is 2.62. The number of thiophene rings is 1.